The van der Waals surface area contributed by atoms with Crippen molar-refractivity contribution in [1.82, 2.24) is 0 Å². The molecule has 0 saturated heterocycles. The molecule has 0 bridgehead atoms. The fraction of sp³-hybridized carbons (Fsp3) is 0.538. The zero-order valence-electron chi connectivity index (χ0n) is 9.69. The number of nitrogens with two attached hydrogens (primary N) is 1. The Balaban J connectivity index is 1.93. The quantitative estimate of drug-likeness (QED) is 0.852. The Hall–Kier alpha value is -1.22. The number of hydrogen-bond donors (Lipinski definition) is 1. The molecular formula is C13H19NO2. The van der Waals surface area contributed by atoms with Crippen molar-refractivity contribution in [3.8, 4) is 11.5 Å². The van der Waals surface area contributed by atoms with Gasteiger partial charge in [0.2, 0.25) is 0 Å². The minimum Gasteiger partial charge on any atom is -0.497 e. The van der Waals surface area contributed by atoms with Crippen molar-refractivity contribution in [2.24, 2.45) is 5.73 Å². The van der Waals surface area contributed by atoms with Crippen LogP contribution < -0.4 is 15.2 Å². The highest BCUT2D eigenvalue weighted by atomic mass is 16.5. The number of rotatable bonds is 3. The van der Waals surface area contributed by atoms with Crippen LogP contribution in [-0.4, -0.2) is 19.3 Å². The summed E-state index contributed by atoms with van der Waals surface area (Å²) in [6.07, 6.45) is 4.55. The Labute approximate surface area is 96.5 Å². The average Bonchev–Trinajstić information content (AvgIpc) is 2.32. The minimum absolute atomic E-state index is 0.312. The molecular weight excluding hydrogens is 202 g/mol. The molecule has 1 aromatic carbocycles. The van der Waals surface area contributed by atoms with E-state index < -0.39 is 0 Å². The molecule has 0 spiro atoms. The Kier molecular flexibility index (Phi) is 3.67. The average molecular weight is 221 g/mol. The molecule has 0 unspecified atom stereocenters. The van der Waals surface area contributed by atoms with E-state index in [0.717, 1.165) is 37.2 Å². The SMILES string of the molecule is COc1cccc(OC2CCC(N)CC2)c1. The molecule has 0 aliphatic heterocycles. The zero-order chi connectivity index (χ0) is 11.4. The summed E-state index contributed by atoms with van der Waals surface area (Å²) in [4.78, 5) is 0. The number of ether oxygens (including phenoxy) is 2. The van der Waals surface area contributed by atoms with Gasteiger partial charge in [-0.25, -0.2) is 0 Å². The van der Waals surface area contributed by atoms with Crippen LogP contribution in [0.3, 0.4) is 0 Å². The zero-order valence-corrected chi connectivity index (χ0v) is 9.69. The van der Waals surface area contributed by atoms with E-state index in [1.54, 1.807) is 7.11 Å². The molecule has 2 N–H and O–H groups in total. The predicted octanol–water partition coefficient (Wildman–Crippen LogP) is 2.34. The third-order valence-corrected chi connectivity index (χ3v) is 3.06. The number of benzene rings is 1. The van der Waals surface area contributed by atoms with Crippen LogP contribution in [0.1, 0.15) is 25.7 Å². The highest BCUT2D eigenvalue weighted by Gasteiger charge is 2.19. The summed E-state index contributed by atoms with van der Waals surface area (Å²) < 4.78 is 11.1. The van der Waals surface area contributed by atoms with Crippen molar-refractivity contribution in [1.29, 1.82) is 0 Å². The molecule has 88 valence electrons. The van der Waals surface area contributed by atoms with Gasteiger partial charge in [0, 0.05) is 12.1 Å². The van der Waals surface area contributed by atoms with E-state index in [-0.39, 0.29) is 0 Å². The summed E-state index contributed by atoms with van der Waals surface area (Å²) in [5, 5.41) is 0. The molecule has 1 aliphatic carbocycles. The van der Waals surface area contributed by atoms with Crippen molar-refractivity contribution in [2.75, 3.05) is 7.11 Å². The highest BCUT2D eigenvalue weighted by Crippen LogP contribution is 2.25. The van der Waals surface area contributed by atoms with E-state index in [4.69, 9.17) is 15.2 Å². The molecule has 0 atom stereocenters. The normalized spacial score (nSPS) is 25.1. The lowest BCUT2D eigenvalue weighted by molar-refractivity contribution is 0.147. The Morgan fingerprint density at radius 2 is 1.81 bits per heavy atom. The molecule has 2 rings (SSSR count). The van der Waals surface area contributed by atoms with Gasteiger partial charge in [-0.05, 0) is 37.8 Å². The van der Waals surface area contributed by atoms with Crippen LogP contribution in [0.4, 0.5) is 0 Å². The van der Waals surface area contributed by atoms with Gasteiger partial charge >= 0.3 is 0 Å². The highest BCUT2D eigenvalue weighted by molar-refractivity contribution is 5.32. The molecule has 0 heterocycles. The van der Waals surface area contributed by atoms with E-state index in [1.807, 2.05) is 24.3 Å². The molecule has 1 aliphatic rings. The minimum atomic E-state index is 0.312. The van der Waals surface area contributed by atoms with E-state index in [9.17, 15) is 0 Å². The maximum atomic E-state index is 5.91. The summed E-state index contributed by atoms with van der Waals surface area (Å²) in [5.74, 6) is 1.73. The van der Waals surface area contributed by atoms with Crippen LogP contribution in [-0.2, 0) is 0 Å². The largest absolute Gasteiger partial charge is 0.497 e. The maximum Gasteiger partial charge on any atom is 0.123 e. The predicted molar refractivity (Wildman–Crippen MR) is 63.9 cm³/mol. The van der Waals surface area contributed by atoms with Gasteiger partial charge in [0.15, 0.2) is 0 Å². The first-order chi connectivity index (χ1) is 7.78. The van der Waals surface area contributed by atoms with Crippen molar-refractivity contribution in [3.63, 3.8) is 0 Å². The van der Waals surface area contributed by atoms with Crippen molar-refractivity contribution >= 4 is 0 Å². The van der Waals surface area contributed by atoms with Gasteiger partial charge in [-0.15, -0.1) is 0 Å². The third kappa shape index (κ3) is 2.89. The summed E-state index contributed by atoms with van der Waals surface area (Å²) in [7, 11) is 1.67. The van der Waals surface area contributed by atoms with Crippen molar-refractivity contribution < 1.29 is 9.47 Å². The summed E-state index contributed by atoms with van der Waals surface area (Å²) in [6.45, 7) is 0. The lowest BCUT2D eigenvalue weighted by Gasteiger charge is -2.26. The molecule has 1 fully saturated rings. The second-order valence-corrected chi connectivity index (χ2v) is 4.33. The van der Waals surface area contributed by atoms with Gasteiger partial charge in [-0.2, -0.15) is 0 Å². The van der Waals surface area contributed by atoms with Crippen molar-refractivity contribution in [2.45, 2.75) is 37.8 Å². The van der Waals surface area contributed by atoms with Crippen LogP contribution in [0.5, 0.6) is 11.5 Å². The molecule has 3 heteroatoms. The van der Waals surface area contributed by atoms with Gasteiger partial charge < -0.3 is 15.2 Å². The van der Waals surface area contributed by atoms with E-state index in [2.05, 4.69) is 0 Å². The van der Waals surface area contributed by atoms with E-state index in [0.29, 0.717) is 12.1 Å². The topological polar surface area (TPSA) is 44.5 Å². The lowest BCUT2D eigenvalue weighted by atomic mass is 9.94. The fourth-order valence-corrected chi connectivity index (χ4v) is 2.07. The second kappa shape index (κ2) is 5.21. The molecule has 0 amide bonds. The Bertz CT molecular complexity index is 332. The standard InChI is InChI=1S/C13H19NO2/c1-15-12-3-2-4-13(9-12)16-11-7-5-10(14)6-8-11/h2-4,9-11H,5-8,14H2,1H3. The molecule has 0 radical (unpaired) electrons. The third-order valence-electron chi connectivity index (χ3n) is 3.06. The monoisotopic (exact) mass is 221 g/mol. The Morgan fingerprint density at radius 1 is 1.12 bits per heavy atom. The van der Waals surface area contributed by atoms with Crippen LogP contribution in [0.25, 0.3) is 0 Å². The lowest BCUT2D eigenvalue weighted by Crippen LogP contribution is -2.31. The van der Waals surface area contributed by atoms with Gasteiger partial charge in [0.05, 0.1) is 13.2 Å². The van der Waals surface area contributed by atoms with Crippen LogP contribution in [0.2, 0.25) is 0 Å². The van der Waals surface area contributed by atoms with E-state index >= 15 is 0 Å². The van der Waals surface area contributed by atoms with Crippen molar-refractivity contribution in [3.05, 3.63) is 24.3 Å². The molecule has 0 aromatic heterocycles. The van der Waals surface area contributed by atoms with Gasteiger partial charge in [0.25, 0.3) is 0 Å². The summed E-state index contributed by atoms with van der Waals surface area (Å²) >= 11 is 0. The molecule has 3 nitrogen and oxygen atoms in total. The van der Waals surface area contributed by atoms with Crippen LogP contribution in [0.15, 0.2) is 24.3 Å². The molecule has 16 heavy (non-hydrogen) atoms. The first-order valence-corrected chi connectivity index (χ1v) is 5.84. The molecule has 1 saturated carbocycles. The van der Waals surface area contributed by atoms with Gasteiger partial charge in [-0.1, -0.05) is 6.07 Å². The smallest absolute Gasteiger partial charge is 0.123 e. The summed E-state index contributed by atoms with van der Waals surface area (Å²) in [6, 6.07) is 8.13. The van der Waals surface area contributed by atoms with Gasteiger partial charge in [0.1, 0.15) is 11.5 Å². The maximum absolute atomic E-state index is 5.91. The van der Waals surface area contributed by atoms with Crippen LogP contribution in [0, 0.1) is 0 Å². The number of hydrogen-bond acceptors (Lipinski definition) is 3. The van der Waals surface area contributed by atoms with Gasteiger partial charge in [-0.3, -0.25) is 0 Å². The molecule has 1 aromatic rings. The fourth-order valence-electron chi connectivity index (χ4n) is 2.07. The Morgan fingerprint density at radius 3 is 2.50 bits per heavy atom. The van der Waals surface area contributed by atoms with Crippen LogP contribution >= 0.6 is 0 Å². The second-order valence-electron chi connectivity index (χ2n) is 4.33. The first kappa shape index (κ1) is 11.3. The summed E-state index contributed by atoms with van der Waals surface area (Å²) in [5.41, 5.74) is 5.86. The van der Waals surface area contributed by atoms with E-state index in [1.165, 1.54) is 0 Å². The first-order valence-electron chi connectivity index (χ1n) is 5.84. The number of methoxy groups -OCH3 is 1.